The molecule has 0 saturated carbocycles. The Morgan fingerprint density at radius 2 is 0.778 bits per heavy atom. The van der Waals surface area contributed by atoms with Gasteiger partial charge in [-0.25, -0.2) is 0 Å². The minimum Gasteiger partial charge on any atom is -0.491 e. The van der Waals surface area contributed by atoms with Gasteiger partial charge in [0.1, 0.15) is 12.4 Å². The number of nitrogen functional groups attached to an aromatic ring is 1. The van der Waals surface area contributed by atoms with E-state index in [1.54, 1.807) is 12.1 Å². The fourth-order valence-corrected chi connectivity index (χ4v) is 2.60. The number of nitrogens with one attached hydrogen (secondary N) is 1. The van der Waals surface area contributed by atoms with E-state index in [1.165, 1.54) is 0 Å². The first kappa shape index (κ1) is 32.5. The van der Waals surface area contributed by atoms with Gasteiger partial charge in [0.25, 0.3) is 0 Å². The monoisotopic (exact) mass is 518 g/mol. The molecule has 0 spiro atoms. The third kappa shape index (κ3) is 22.9. The van der Waals surface area contributed by atoms with E-state index in [9.17, 15) is 0 Å². The topological polar surface area (TPSA) is 121 Å². The molecule has 0 aromatic heterocycles. The lowest BCUT2D eigenvalue weighted by Crippen LogP contribution is -2.17. The molecular weight excluding hydrogens is 472 g/mol. The van der Waals surface area contributed by atoms with Crippen molar-refractivity contribution in [2.45, 2.75) is 0 Å². The zero-order valence-corrected chi connectivity index (χ0v) is 21.8. The Bertz CT molecular complexity index is 567. The highest BCUT2D eigenvalue weighted by Crippen LogP contribution is 2.12. The van der Waals surface area contributed by atoms with Crippen LogP contribution in [-0.2, 0) is 37.9 Å². The number of rotatable bonds is 28. The third-order valence-electron chi connectivity index (χ3n) is 4.48. The Hall–Kier alpha value is -1.54. The normalized spacial score (nSPS) is 11.2. The van der Waals surface area contributed by atoms with E-state index in [0.29, 0.717) is 118 Å². The number of likely N-dealkylation sites (N-methyl/N-ethyl adjacent to an activating group) is 1. The molecule has 1 aromatic rings. The summed E-state index contributed by atoms with van der Waals surface area (Å²) in [6, 6.07) is 7.27. The molecule has 11 nitrogen and oxygen atoms in total. The molecular formula is C25H46N2O9. The van der Waals surface area contributed by atoms with Crippen molar-refractivity contribution in [2.75, 3.05) is 132 Å². The summed E-state index contributed by atoms with van der Waals surface area (Å²) in [5, 5.41) is 3.02. The van der Waals surface area contributed by atoms with Crippen molar-refractivity contribution in [3.05, 3.63) is 24.3 Å². The van der Waals surface area contributed by atoms with Crippen LogP contribution in [-0.4, -0.2) is 126 Å². The van der Waals surface area contributed by atoms with Crippen molar-refractivity contribution < 1.29 is 42.6 Å². The summed E-state index contributed by atoms with van der Waals surface area (Å²) in [5.41, 5.74) is 6.34. The Balaban J connectivity index is 1.65. The SMILES string of the molecule is CNCCOCCOCCOCCOCCOCCOCCOCCOCCOc1ccc(N)cc1. The molecule has 210 valence electrons. The van der Waals surface area contributed by atoms with Crippen LogP contribution in [0.1, 0.15) is 0 Å². The predicted octanol–water partition coefficient (Wildman–Crippen LogP) is 1.000. The van der Waals surface area contributed by atoms with Gasteiger partial charge in [-0.05, 0) is 31.3 Å². The van der Waals surface area contributed by atoms with Crippen LogP contribution in [0.3, 0.4) is 0 Å². The van der Waals surface area contributed by atoms with Crippen molar-refractivity contribution in [1.29, 1.82) is 0 Å². The van der Waals surface area contributed by atoms with E-state index < -0.39 is 0 Å². The zero-order chi connectivity index (χ0) is 25.8. The van der Waals surface area contributed by atoms with Crippen LogP contribution in [0.25, 0.3) is 0 Å². The molecule has 0 saturated heterocycles. The minimum atomic E-state index is 0.482. The van der Waals surface area contributed by atoms with Gasteiger partial charge in [-0.1, -0.05) is 0 Å². The van der Waals surface area contributed by atoms with Crippen molar-refractivity contribution >= 4 is 5.69 Å². The third-order valence-corrected chi connectivity index (χ3v) is 4.48. The summed E-state index contributed by atoms with van der Waals surface area (Å²) in [5.74, 6) is 0.776. The summed E-state index contributed by atoms with van der Waals surface area (Å²) in [6.45, 7) is 10.0. The standard InChI is InChI=1S/C25H46N2O9/c1-27-6-7-28-8-9-29-10-11-30-12-13-31-14-15-32-16-17-33-18-19-34-20-21-35-22-23-36-25-4-2-24(26)3-5-25/h2-5,27H,6-23,26H2,1H3. The van der Waals surface area contributed by atoms with Crippen molar-refractivity contribution in [1.82, 2.24) is 5.32 Å². The molecule has 0 radical (unpaired) electrons. The summed E-state index contributed by atoms with van der Waals surface area (Å²) in [6.07, 6.45) is 0. The molecule has 0 aliphatic heterocycles. The number of benzene rings is 1. The van der Waals surface area contributed by atoms with Crippen molar-refractivity contribution in [3.8, 4) is 5.75 Å². The lowest BCUT2D eigenvalue weighted by molar-refractivity contribution is -0.0235. The summed E-state index contributed by atoms with van der Waals surface area (Å²) in [7, 11) is 1.90. The van der Waals surface area contributed by atoms with Crippen molar-refractivity contribution in [2.24, 2.45) is 0 Å². The Labute approximate surface area is 215 Å². The summed E-state index contributed by atoms with van der Waals surface area (Å²) in [4.78, 5) is 0. The van der Waals surface area contributed by atoms with Gasteiger partial charge in [-0.2, -0.15) is 0 Å². The smallest absolute Gasteiger partial charge is 0.119 e. The number of ether oxygens (including phenoxy) is 9. The highest BCUT2D eigenvalue weighted by atomic mass is 16.6. The number of hydrogen-bond donors (Lipinski definition) is 2. The number of anilines is 1. The first-order chi connectivity index (χ1) is 17.8. The molecule has 0 amide bonds. The van der Waals surface area contributed by atoms with E-state index in [1.807, 2.05) is 19.2 Å². The van der Waals surface area contributed by atoms with Gasteiger partial charge >= 0.3 is 0 Å². The lowest BCUT2D eigenvalue weighted by atomic mass is 10.3. The highest BCUT2D eigenvalue weighted by molar-refractivity contribution is 5.41. The second-order valence-corrected chi connectivity index (χ2v) is 7.42. The van der Waals surface area contributed by atoms with Gasteiger partial charge in [-0.3, -0.25) is 0 Å². The van der Waals surface area contributed by atoms with Crippen molar-refractivity contribution in [3.63, 3.8) is 0 Å². The molecule has 0 fully saturated rings. The molecule has 0 bridgehead atoms. The predicted molar refractivity (Wildman–Crippen MR) is 137 cm³/mol. The van der Waals surface area contributed by atoms with Crippen LogP contribution >= 0.6 is 0 Å². The van der Waals surface area contributed by atoms with Gasteiger partial charge in [0, 0.05) is 12.2 Å². The van der Waals surface area contributed by atoms with Gasteiger partial charge in [0.15, 0.2) is 0 Å². The molecule has 0 aliphatic rings. The minimum absolute atomic E-state index is 0.482. The van der Waals surface area contributed by atoms with Crippen LogP contribution in [0.4, 0.5) is 5.69 Å². The maximum Gasteiger partial charge on any atom is 0.119 e. The largest absolute Gasteiger partial charge is 0.491 e. The molecule has 3 N–H and O–H groups in total. The van der Waals surface area contributed by atoms with E-state index >= 15 is 0 Å². The second kappa shape index (κ2) is 26.5. The maximum atomic E-state index is 5.63. The van der Waals surface area contributed by atoms with E-state index in [-0.39, 0.29) is 0 Å². The van der Waals surface area contributed by atoms with Gasteiger partial charge in [0.05, 0.1) is 106 Å². The molecule has 1 rings (SSSR count). The highest BCUT2D eigenvalue weighted by Gasteiger charge is 1.96. The first-order valence-corrected chi connectivity index (χ1v) is 12.6. The van der Waals surface area contributed by atoms with E-state index in [2.05, 4.69) is 5.32 Å². The molecule has 36 heavy (non-hydrogen) atoms. The van der Waals surface area contributed by atoms with Crippen LogP contribution in [0.15, 0.2) is 24.3 Å². The number of hydrogen-bond acceptors (Lipinski definition) is 11. The van der Waals surface area contributed by atoms with Gasteiger partial charge < -0.3 is 53.7 Å². The van der Waals surface area contributed by atoms with Crippen LogP contribution in [0.5, 0.6) is 5.75 Å². The molecule has 1 aromatic carbocycles. The molecule has 0 unspecified atom stereocenters. The maximum absolute atomic E-state index is 5.63. The Kier molecular flexibility index (Phi) is 23.9. The summed E-state index contributed by atoms with van der Waals surface area (Å²) >= 11 is 0. The molecule has 11 heteroatoms. The fraction of sp³-hybridized carbons (Fsp3) is 0.760. The average Bonchev–Trinajstić information content (AvgIpc) is 2.89. The quantitative estimate of drug-likeness (QED) is 0.122. The van der Waals surface area contributed by atoms with Crippen LogP contribution in [0.2, 0.25) is 0 Å². The van der Waals surface area contributed by atoms with Gasteiger partial charge in [0.2, 0.25) is 0 Å². The second-order valence-electron chi connectivity index (χ2n) is 7.42. The fourth-order valence-electron chi connectivity index (χ4n) is 2.60. The van der Waals surface area contributed by atoms with Crippen LogP contribution < -0.4 is 15.8 Å². The lowest BCUT2D eigenvalue weighted by Gasteiger charge is -2.09. The molecule has 0 atom stereocenters. The average molecular weight is 519 g/mol. The van der Waals surface area contributed by atoms with Gasteiger partial charge in [-0.15, -0.1) is 0 Å². The first-order valence-electron chi connectivity index (χ1n) is 12.6. The zero-order valence-electron chi connectivity index (χ0n) is 21.8. The molecule has 0 heterocycles. The Morgan fingerprint density at radius 3 is 1.11 bits per heavy atom. The van der Waals surface area contributed by atoms with E-state index in [0.717, 1.165) is 12.3 Å². The summed E-state index contributed by atoms with van der Waals surface area (Å²) < 4.78 is 49.0. The Morgan fingerprint density at radius 1 is 0.472 bits per heavy atom. The van der Waals surface area contributed by atoms with Crippen LogP contribution in [0, 0.1) is 0 Å². The number of nitrogens with two attached hydrogens (primary N) is 1. The van der Waals surface area contributed by atoms with E-state index in [4.69, 9.17) is 48.4 Å². The molecule has 0 aliphatic carbocycles.